The van der Waals surface area contributed by atoms with E-state index in [2.05, 4.69) is 20.4 Å². The van der Waals surface area contributed by atoms with Gasteiger partial charge < -0.3 is 0 Å². The van der Waals surface area contributed by atoms with Gasteiger partial charge in [0.25, 0.3) is 0 Å². The SMILES string of the molecule is C=C(CCCCCCCC)CCCCCCCCCCC. The van der Waals surface area contributed by atoms with Gasteiger partial charge in [-0.25, -0.2) is 0 Å². The van der Waals surface area contributed by atoms with Crippen LogP contribution >= 0.6 is 0 Å². The topological polar surface area (TPSA) is 0 Å². The fourth-order valence-corrected chi connectivity index (χ4v) is 2.97. The summed E-state index contributed by atoms with van der Waals surface area (Å²) in [6, 6.07) is 0. The first-order valence-electron chi connectivity index (χ1n) is 9.97. The second-order valence-corrected chi connectivity index (χ2v) is 6.85. The molecule has 0 saturated heterocycles. The first-order chi connectivity index (χ1) is 10.3. The zero-order valence-corrected chi connectivity index (χ0v) is 15.2. The quantitative estimate of drug-likeness (QED) is 0.187. The highest BCUT2D eigenvalue weighted by atomic mass is 14.0. The van der Waals surface area contributed by atoms with Crippen molar-refractivity contribution in [2.45, 2.75) is 123 Å². The predicted molar refractivity (Wildman–Crippen MR) is 99.0 cm³/mol. The normalized spacial score (nSPS) is 11.0. The van der Waals surface area contributed by atoms with Crippen molar-refractivity contribution >= 4 is 0 Å². The molecule has 0 rings (SSSR count). The van der Waals surface area contributed by atoms with Gasteiger partial charge in [-0.05, 0) is 25.7 Å². The molecule has 0 bridgehead atoms. The Morgan fingerprint density at radius 3 is 1.10 bits per heavy atom. The molecule has 0 heteroatoms. The van der Waals surface area contributed by atoms with Gasteiger partial charge in [0.15, 0.2) is 0 Å². The van der Waals surface area contributed by atoms with Crippen LogP contribution in [0.4, 0.5) is 0 Å². The fraction of sp³-hybridized carbons (Fsp3) is 0.905. The molecule has 0 atom stereocenters. The van der Waals surface area contributed by atoms with Gasteiger partial charge in [0.2, 0.25) is 0 Å². The van der Waals surface area contributed by atoms with Gasteiger partial charge in [0, 0.05) is 0 Å². The van der Waals surface area contributed by atoms with Gasteiger partial charge in [-0.3, -0.25) is 0 Å². The smallest absolute Gasteiger partial charge is 0.0323 e. The maximum atomic E-state index is 4.26. The first-order valence-corrected chi connectivity index (χ1v) is 9.97. The van der Waals surface area contributed by atoms with Crippen molar-refractivity contribution in [3.63, 3.8) is 0 Å². The average molecular weight is 295 g/mol. The number of unbranched alkanes of at least 4 members (excludes halogenated alkanes) is 13. The average Bonchev–Trinajstić information content (AvgIpc) is 2.49. The van der Waals surface area contributed by atoms with E-state index < -0.39 is 0 Å². The van der Waals surface area contributed by atoms with Crippen LogP contribution in [-0.4, -0.2) is 0 Å². The molecule has 0 radical (unpaired) electrons. The van der Waals surface area contributed by atoms with E-state index in [4.69, 9.17) is 0 Å². The molecule has 0 aromatic heterocycles. The second kappa shape index (κ2) is 17.8. The minimum Gasteiger partial charge on any atom is -0.0999 e. The molecule has 0 nitrogen and oxygen atoms in total. The highest BCUT2D eigenvalue weighted by Gasteiger charge is 1.97. The molecule has 0 aliphatic rings. The van der Waals surface area contributed by atoms with Crippen molar-refractivity contribution in [1.82, 2.24) is 0 Å². The van der Waals surface area contributed by atoms with E-state index >= 15 is 0 Å². The summed E-state index contributed by atoms with van der Waals surface area (Å²) in [5.74, 6) is 0. The Bertz CT molecular complexity index is 204. The summed E-state index contributed by atoms with van der Waals surface area (Å²) in [5, 5.41) is 0. The highest BCUT2D eigenvalue weighted by Crippen LogP contribution is 2.17. The van der Waals surface area contributed by atoms with E-state index in [-0.39, 0.29) is 0 Å². The standard InChI is InChI=1S/C21H42/c1-4-6-8-10-12-13-14-16-18-20-21(3)19-17-15-11-9-7-5-2/h3-20H2,1-2H3. The Labute approximate surface area is 135 Å². The summed E-state index contributed by atoms with van der Waals surface area (Å²) >= 11 is 0. The molecule has 21 heavy (non-hydrogen) atoms. The van der Waals surface area contributed by atoms with Crippen molar-refractivity contribution in [3.05, 3.63) is 12.2 Å². The van der Waals surface area contributed by atoms with Crippen molar-refractivity contribution in [3.8, 4) is 0 Å². The maximum Gasteiger partial charge on any atom is -0.0323 e. The Balaban J connectivity index is 3.12. The maximum absolute atomic E-state index is 4.26. The largest absolute Gasteiger partial charge is 0.0999 e. The molecule has 0 saturated carbocycles. The minimum atomic E-state index is 1.28. The van der Waals surface area contributed by atoms with Crippen LogP contribution < -0.4 is 0 Å². The van der Waals surface area contributed by atoms with Crippen LogP contribution in [0.5, 0.6) is 0 Å². The Morgan fingerprint density at radius 2 is 0.762 bits per heavy atom. The zero-order chi connectivity index (χ0) is 15.6. The summed E-state index contributed by atoms with van der Waals surface area (Å²) in [4.78, 5) is 0. The van der Waals surface area contributed by atoms with E-state index in [1.807, 2.05) is 0 Å². The lowest BCUT2D eigenvalue weighted by Gasteiger charge is -2.06. The molecule has 0 aliphatic carbocycles. The summed E-state index contributed by atoms with van der Waals surface area (Å²) < 4.78 is 0. The van der Waals surface area contributed by atoms with Crippen molar-refractivity contribution in [2.24, 2.45) is 0 Å². The van der Waals surface area contributed by atoms with Gasteiger partial charge >= 0.3 is 0 Å². The van der Waals surface area contributed by atoms with Gasteiger partial charge in [-0.15, -0.1) is 0 Å². The molecular weight excluding hydrogens is 252 g/mol. The first kappa shape index (κ1) is 20.7. The van der Waals surface area contributed by atoms with Crippen molar-refractivity contribution in [1.29, 1.82) is 0 Å². The molecule has 0 aliphatic heterocycles. The molecule has 0 aromatic carbocycles. The van der Waals surface area contributed by atoms with Gasteiger partial charge in [0.05, 0.1) is 0 Å². The van der Waals surface area contributed by atoms with Gasteiger partial charge in [-0.2, -0.15) is 0 Å². The van der Waals surface area contributed by atoms with Crippen LogP contribution in [0.25, 0.3) is 0 Å². The number of hydrogen-bond donors (Lipinski definition) is 0. The minimum absolute atomic E-state index is 1.28. The molecule has 0 fully saturated rings. The van der Waals surface area contributed by atoms with E-state index in [0.717, 1.165) is 0 Å². The van der Waals surface area contributed by atoms with Crippen LogP contribution in [0.3, 0.4) is 0 Å². The number of hydrogen-bond acceptors (Lipinski definition) is 0. The molecular formula is C21H42. The molecule has 0 heterocycles. The third-order valence-corrected chi connectivity index (χ3v) is 4.52. The Kier molecular flexibility index (Phi) is 17.6. The zero-order valence-electron chi connectivity index (χ0n) is 15.2. The Hall–Kier alpha value is -0.260. The second-order valence-electron chi connectivity index (χ2n) is 6.85. The molecule has 0 aromatic rings. The number of allylic oxidation sites excluding steroid dienone is 1. The van der Waals surface area contributed by atoms with E-state index in [1.54, 1.807) is 0 Å². The number of rotatable bonds is 17. The molecule has 126 valence electrons. The van der Waals surface area contributed by atoms with Crippen LogP contribution in [0, 0.1) is 0 Å². The van der Waals surface area contributed by atoms with Crippen LogP contribution in [0.15, 0.2) is 12.2 Å². The summed E-state index contributed by atoms with van der Waals surface area (Å²) in [5.41, 5.74) is 1.51. The summed E-state index contributed by atoms with van der Waals surface area (Å²) in [6.45, 7) is 8.83. The van der Waals surface area contributed by atoms with Crippen molar-refractivity contribution in [2.75, 3.05) is 0 Å². The lowest BCUT2D eigenvalue weighted by Crippen LogP contribution is -1.86. The Morgan fingerprint density at radius 1 is 0.476 bits per heavy atom. The van der Waals surface area contributed by atoms with E-state index in [1.165, 1.54) is 115 Å². The van der Waals surface area contributed by atoms with Gasteiger partial charge in [-0.1, -0.05) is 109 Å². The van der Waals surface area contributed by atoms with E-state index in [0.29, 0.717) is 0 Å². The van der Waals surface area contributed by atoms with E-state index in [9.17, 15) is 0 Å². The molecule has 0 amide bonds. The van der Waals surface area contributed by atoms with Gasteiger partial charge in [0.1, 0.15) is 0 Å². The van der Waals surface area contributed by atoms with Crippen LogP contribution in [0.1, 0.15) is 123 Å². The monoisotopic (exact) mass is 294 g/mol. The van der Waals surface area contributed by atoms with Crippen LogP contribution in [0.2, 0.25) is 0 Å². The van der Waals surface area contributed by atoms with Crippen molar-refractivity contribution < 1.29 is 0 Å². The lowest BCUT2D eigenvalue weighted by molar-refractivity contribution is 0.559. The predicted octanol–water partition coefficient (Wildman–Crippen LogP) is 8.21. The third-order valence-electron chi connectivity index (χ3n) is 4.52. The summed E-state index contributed by atoms with van der Waals surface area (Å²) in [6.07, 6.45) is 23.8. The highest BCUT2D eigenvalue weighted by molar-refractivity contribution is 4.93. The molecule has 0 N–H and O–H groups in total. The molecule has 0 spiro atoms. The molecule has 0 unspecified atom stereocenters. The fourth-order valence-electron chi connectivity index (χ4n) is 2.97. The van der Waals surface area contributed by atoms with Crippen LogP contribution in [-0.2, 0) is 0 Å². The summed E-state index contributed by atoms with van der Waals surface area (Å²) in [7, 11) is 0. The lowest BCUT2D eigenvalue weighted by atomic mass is 10.0. The third kappa shape index (κ3) is 17.7.